The fraction of sp³-hybridized carbons (Fsp3) is 0.667. The molecule has 1 spiro atoms. The molecule has 0 unspecified atom stereocenters. The van der Waals surface area contributed by atoms with Gasteiger partial charge in [-0.2, -0.15) is 13.2 Å². The molecular formula is C72H105Cl2F3N12O12. The predicted octanol–water partition coefficient (Wildman–Crippen LogP) is 6.20. The molecule has 2 aliphatic heterocycles. The molecule has 4 fully saturated rings. The van der Waals surface area contributed by atoms with Gasteiger partial charge < -0.3 is 60.0 Å². The number of rotatable bonds is 12. The van der Waals surface area contributed by atoms with Gasteiger partial charge in [-0.1, -0.05) is 127 Å². The summed E-state index contributed by atoms with van der Waals surface area (Å²) in [5, 5.41) is 8.21. The molecule has 6 rings (SSSR count). The molecule has 0 radical (unpaired) electrons. The van der Waals surface area contributed by atoms with Crippen LogP contribution >= 0.6 is 23.2 Å². The summed E-state index contributed by atoms with van der Waals surface area (Å²) in [7, 11) is 9.65. The Kier molecular flexibility index (Phi) is 29.8. The number of nitrogens with zero attached hydrogens (tertiary/aromatic N) is 9. The molecule has 8 atom stereocenters. The number of likely N-dealkylation sites (N-methyl/N-ethyl adjacent to an activating group) is 8. The maximum absolute atomic E-state index is 15.7. The minimum atomic E-state index is -4.79. The summed E-state index contributed by atoms with van der Waals surface area (Å²) >= 11 is 13.0. The van der Waals surface area contributed by atoms with Crippen LogP contribution in [-0.2, 0) is 76.6 Å². The van der Waals surface area contributed by atoms with Crippen LogP contribution in [0.5, 0.6) is 0 Å². The van der Waals surface area contributed by atoms with Crippen LogP contribution in [0.25, 0.3) is 0 Å². The average Bonchev–Trinajstić information content (AvgIpc) is 1.64. The monoisotopic (exact) mass is 1460 g/mol. The minimum absolute atomic E-state index is 0.00656. The number of aryl methyl sites for hydroxylation is 1. The molecule has 101 heavy (non-hydrogen) atoms. The van der Waals surface area contributed by atoms with E-state index in [9.17, 15) is 51.5 Å². The zero-order valence-electron chi connectivity index (χ0n) is 60.9. The molecule has 29 heteroatoms. The Balaban J connectivity index is 1.47. The zero-order valence-corrected chi connectivity index (χ0v) is 62.4. The third-order valence-electron chi connectivity index (χ3n) is 21.0. The Morgan fingerprint density at radius 3 is 1.84 bits per heavy atom. The molecule has 0 aromatic heterocycles. The van der Waals surface area contributed by atoms with Crippen molar-refractivity contribution in [3.63, 3.8) is 0 Å². The van der Waals surface area contributed by atoms with Crippen molar-refractivity contribution in [1.82, 2.24) is 60.0 Å². The van der Waals surface area contributed by atoms with Crippen molar-refractivity contribution in [1.29, 1.82) is 0 Å². The number of nitrogens with one attached hydrogen (secondary N) is 3. The summed E-state index contributed by atoms with van der Waals surface area (Å²) < 4.78 is 41.9. The first-order valence-electron chi connectivity index (χ1n) is 35.4. The van der Waals surface area contributed by atoms with E-state index in [2.05, 4.69) is 16.0 Å². The van der Waals surface area contributed by atoms with E-state index in [0.717, 1.165) is 68.7 Å². The summed E-state index contributed by atoms with van der Waals surface area (Å²) in [6.07, 6.45) is 1.17. The molecule has 0 bridgehead atoms. The molecule has 2 aromatic rings. The number of carbonyl (C=O) groups excluding carboxylic acids is 12. The van der Waals surface area contributed by atoms with Crippen molar-refractivity contribution in [3.05, 3.63) is 69.2 Å². The SMILES string of the molecule is CC[C@H](C)[C@@H]1NC(=O)[C@H](C)N(C)C(=O)C[C@@H](C(=O)N2CCCC2)N(C)C(=O)[C@H](C(C)C)N(C)C(=O)C2(CCCC2)NC(=O)[C@H](Cc2ccccc2Cl)N(CC)C(=O)[C@H](CCc2ccc(C(F)(F)F)c(Cl)c2)NC(=O)CN(C)C(=O)[C@H](CC2CCCCC2)N(C)C(=O)CN(C)C(=O)CN(C)C1=O. The number of alkyl halides is 3. The molecule has 24 nitrogen and oxygen atoms in total. The number of hydrogen-bond acceptors (Lipinski definition) is 12. The summed E-state index contributed by atoms with van der Waals surface area (Å²) in [5.74, 6) is -9.66. The quantitative estimate of drug-likeness (QED) is 0.214. The molecular weight excluding hydrogens is 1350 g/mol. The molecule has 4 aliphatic rings. The number of benzene rings is 2. The first kappa shape index (κ1) is 82.4. The Morgan fingerprint density at radius 2 is 1.26 bits per heavy atom. The van der Waals surface area contributed by atoms with Gasteiger partial charge in [-0.15, -0.1) is 0 Å². The Bertz CT molecular complexity index is 3330. The highest BCUT2D eigenvalue weighted by Crippen LogP contribution is 2.37. The summed E-state index contributed by atoms with van der Waals surface area (Å²) in [6.45, 7) is 8.71. The lowest BCUT2D eigenvalue weighted by molar-refractivity contribution is -0.156. The van der Waals surface area contributed by atoms with Gasteiger partial charge in [0, 0.05) is 80.4 Å². The van der Waals surface area contributed by atoms with Crippen molar-refractivity contribution in [2.24, 2.45) is 17.8 Å². The smallest absolute Gasteiger partial charge is 0.343 e. The Morgan fingerprint density at radius 1 is 0.644 bits per heavy atom. The van der Waals surface area contributed by atoms with Gasteiger partial charge in [0.1, 0.15) is 47.8 Å². The number of likely N-dealkylation sites (tertiary alicyclic amines) is 1. The molecule has 2 saturated heterocycles. The van der Waals surface area contributed by atoms with Gasteiger partial charge in [0.2, 0.25) is 70.9 Å². The lowest BCUT2D eigenvalue weighted by Crippen LogP contribution is -2.65. The molecule has 2 saturated carbocycles. The van der Waals surface area contributed by atoms with Crippen LogP contribution in [0.1, 0.15) is 155 Å². The fourth-order valence-corrected chi connectivity index (χ4v) is 14.8. The number of amides is 12. The first-order chi connectivity index (χ1) is 47.5. The van der Waals surface area contributed by atoms with Gasteiger partial charge >= 0.3 is 6.18 Å². The van der Waals surface area contributed by atoms with Crippen molar-refractivity contribution in [2.45, 2.75) is 205 Å². The molecule has 560 valence electrons. The van der Waals surface area contributed by atoms with E-state index in [0.29, 0.717) is 50.8 Å². The van der Waals surface area contributed by atoms with E-state index < -0.39 is 173 Å². The minimum Gasteiger partial charge on any atom is -0.343 e. The normalized spacial score (nSPS) is 25.0. The maximum Gasteiger partial charge on any atom is 0.417 e. The standard InChI is InChI=1S/C72H105Cl2F3N12O12/c1-14-45(5)61-68(99)83(9)42-59(92)81(7)43-60(93)85(11)55(38-47-25-17-16-18-26-47)66(97)82(8)41-57(90)78-53(32-30-48-29-31-50(52(74)37-48)72(75,76)77)65(96)89(15-2)54(39-49-27-19-20-28-51(49)73)64(95)80-71(33-21-22-34-71)70(101)87(13)62(44(3)4)69(100)86(12)56(67(98)88-35-23-24-36-88)40-58(91)84(10)46(6)63(94)79-61/h19-20,27-29,31,37,44-47,53-56,61-62H,14-18,21-26,30,32-36,38-43H2,1-13H3,(H,78,90)(H,79,94)(H,80,95)/t45-,46-,53-,54-,55-,56-,61-,62-/m0/s1. The molecule has 2 aliphatic carbocycles. The van der Waals surface area contributed by atoms with Crippen LogP contribution in [0.4, 0.5) is 13.2 Å². The third kappa shape index (κ3) is 20.9. The van der Waals surface area contributed by atoms with Crippen LogP contribution in [0.3, 0.4) is 0 Å². The second-order valence-electron chi connectivity index (χ2n) is 28.4. The van der Waals surface area contributed by atoms with Gasteiger partial charge in [0.05, 0.1) is 36.6 Å². The first-order valence-corrected chi connectivity index (χ1v) is 36.1. The lowest BCUT2D eigenvalue weighted by Gasteiger charge is -2.42. The van der Waals surface area contributed by atoms with E-state index in [-0.39, 0.29) is 61.6 Å². The van der Waals surface area contributed by atoms with Crippen LogP contribution in [0.2, 0.25) is 10.0 Å². The fourth-order valence-electron chi connectivity index (χ4n) is 14.2. The van der Waals surface area contributed by atoms with Crippen LogP contribution in [-0.4, -0.2) is 251 Å². The lowest BCUT2D eigenvalue weighted by atomic mass is 9.84. The van der Waals surface area contributed by atoms with E-state index in [1.807, 2.05) is 0 Å². The van der Waals surface area contributed by atoms with E-state index in [1.54, 1.807) is 63.8 Å². The van der Waals surface area contributed by atoms with Gasteiger partial charge in [-0.25, -0.2) is 0 Å². The van der Waals surface area contributed by atoms with Crippen LogP contribution in [0, 0.1) is 17.8 Å². The summed E-state index contributed by atoms with van der Waals surface area (Å²) in [5.41, 5.74) is -2.12. The van der Waals surface area contributed by atoms with Crippen LogP contribution in [0.15, 0.2) is 42.5 Å². The predicted molar refractivity (Wildman–Crippen MR) is 375 cm³/mol. The van der Waals surface area contributed by atoms with Gasteiger partial charge in [0.25, 0.3) is 0 Å². The van der Waals surface area contributed by atoms with Gasteiger partial charge in [-0.3, -0.25) is 57.5 Å². The van der Waals surface area contributed by atoms with Crippen molar-refractivity contribution in [3.8, 4) is 0 Å². The highest BCUT2D eigenvalue weighted by atomic mass is 35.5. The second-order valence-corrected chi connectivity index (χ2v) is 29.3. The summed E-state index contributed by atoms with van der Waals surface area (Å²) in [4.78, 5) is 189. The van der Waals surface area contributed by atoms with E-state index in [4.69, 9.17) is 23.2 Å². The molecule has 3 N–H and O–H groups in total. The largest absolute Gasteiger partial charge is 0.417 e. The average molecular weight is 1460 g/mol. The van der Waals surface area contributed by atoms with Crippen molar-refractivity contribution in [2.75, 3.05) is 88.6 Å². The van der Waals surface area contributed by atoms with Gasteiger partial charge in [0.15, 0.2) is 0 Å². The third-order valence-corrected chi connectivity index (χ3v) is 21.6. The zero-order chi connectivity index (χ0) is 75.1. The topological polar surface area (TPSA) is 270 Å². The van der Waals surface area contributed by atoms with Crippen molar-refractivity contribution < 1.29 is 70.7 Å². The van der Waals surface area contributed by atoms with Gasteiger partial charge in [-0.05, 0) is 106 Å². The van der Waals surface area contributed by atoms with E-state index in [1.165, 1.54) is 77.0 Å². The van der Waals surface area contributed by atoms with Crippen LogP contribution < -0.4 is 16.0 Å². The maximum atomic E-state index is 15.7. The second kappa shape index (κ2) is 36.5. The number of hydrogen-bond donors (Lipinski definition) is 3. The highest BCUT2D eigenvalue weighted by Gasteiger charge is 2.50. The molecule has 2 aromatic carbocycles. The Labute approximate surface area is 602 Å². The molecule has 2 heterocycles. The Hall–Kier alpha value is -7.55. The summed E-state index contributed by atoms with van der Waals surface area (Å²) in [6, 6.07) is 0.282. The van der Waals surface area contributed by atoms with E-state index >= 15 is 19.2 Å². The highest BCUT2D eigenvalue weighted by molar-refractivity contribution is 6.31. The number of carbonyl (C=O) groups is 12. The molecule has 12 amide bonds. The number of halogens is 5. The van der Waals surface area contributed by atoms with Crippen molar-refractivity contribution >= 4 is 94.1 Å².